The average molecular weight is 1040 g/mol. The summed E-state index contributed by atoms with van der Waals surface area (Å²) in [7, 11) is 1.28. The molecule has 72 heavy (non-hydrogen) atoms. The lowest BCUT2D eigenvalue weighted by Gasteiger charge is -2.29. The third kappa shape index (κ3) is 57.0. The summed E-state index contributed by atoms with van der Waals surface area (Å²) in [6.45, 7) is 4.71. The summed E-state index contributed by atoms with van der Waals surface area (Å²) in [6.07, 6.45) is 68.9. The van der Waals surface area contributed by atoms with E-state index in [1.807, 2.05) is 27.2 Å². The molecule has 0 fully saturated rings. The smallest absolute Gasteiger partial charge is 0.268 e. The van der Waals surface area contributed by atoms with Gasteiger partial charge in [-0.2, -0.15) is 0 Å². The Balaban J connectivity index is 3.98. The van der Waals surface area contributed by atoms with Crippen LogP contribution in [0.15, 0.2) is 12.2 Å². The number of hydrogen-bond donors (Lipinski definition) is 2. The number of phosphoric ester groups is 1. The Kier molecular flexibility index (Phi) is 54.4. The molecule has 0 bridgehead atoms. The molecule has 0 rings (SSSR count). The molecule has 0 aromatic heterocycles. The van der Waals surface area contributed by atoms with Crippen LogP contribution in [0, 0.1) is 0 Å². The van der Waals surface area contributed by atoms with E-state index in [2.05, 4.69) is 19.2 Å². The molecule has 0 aromatic carbocycles. The van der Waals surface area contributed by atoms with Crippen molar-refractivity contribution in [1.29, 1.82) is 0 Å². The van der Waals surface area contributed by atoms with Crippen molar-refractivity contribution in [1.82, 2.24) is 5.32 Å². The van der Waals surface area contributed by atoms with E-state index >= 15 is 0 Å². The number of phosphoric acid groups is 1. The highest BCUT2D eigenvalue weighted by atomic mass is 31.2. The van der Waals surface area contributed by atoms with Gasteiger partial charge in [0, 0.05) is 6.42 Å². The molecule has 0 aliphatic rings. The second-order valence-corrected chi connectivity index (χ2v) is 24.9. The van der Waals surface area contributed by atoms with Gasteiger partial charge in [-0.25, -0.2) is 0 Å². The zero-order valence-electron chi connectivity index (χ0n) is 49.2. The summed E-state index contributed by atoms with van der Waals surface area (Å²) in [5.41, 5.74) is 0. The van der Waals surface area contributed by atoms with Gasteiger partial charge in [-0.05, 0) is 19.3 Å². The minimum atomic E-state index is -4.59. The third-order valence-corrected chi connectivity index (χ3v) is 16.0. The number of quaternary nitrogens is 1. The molecule has 0 saturated heterocycles. The Hall–Kier alpha value is -0.760. The second-order valence-electron chi connectivity index (χ2n) is 23.5. The lowest BCUT2D eigenvalue weighted by Crippen LogP contribution is -2.45. The van der Waals surface area contributed by atoms with Gasteiger partial charge in [0.2, 0.25) is 5.91 Å². The van der Waals surface area contributed by atoms with Crippen LogP contribution in [0.5, 0.6) is 0 Å². The van der Waals surface area contributed by atoms with E-state index in [1.54, 1.807) is 6.08 Å². The molecule has 2 N–H and O–H groups in total. The number of carbonyl (C=O) groups is 1. The van der Waals surface area contributed by atoms with Gasteiger partial charge in [-0.3, -0.25) is 9.36 Å². The minimum absolute atomic E-state index is 0.00272. The van der Waals surface area contributed by atoms with Gasteiger partial charge < -0.3 is 28.8 Å². The highest BCUT2D eigenvalue weighted by molar-refractivity contribution is 7.45. The Morgan fingerprint density at radius 3 is 1.04 bits per heavy atom. The summed E-state index contributed by atoms with van der Waals surface area (Å²) in [6, 6.07) is -0.882. The van der Waals surface area contributed by atoms with Crippen molar-refractivity contribution in [2.75, 3.05) is 40.9 Å². The van der Waals surface area contributed by atoms with Crippen molar-refractivity contribution >= 4 is 13.7 Å². The lowest BCUT2D eigenvalue weighted by atomic mass is 10.0. The van der Waals surface area contributed by atoms with Gasteiger partial charge >= 0.3 is 0 Å². The number of allylic oxidation sites excluding steroid dienone is 1. The molecule has 0 spiro atoms. The average Bonchev–Trinajstić information content (AvgIpc) is 3.34. The van der Waals surface area contributed by atoms with Gasteiger partial charge in [0.15, 0.2) is 0 Å². The quantitative estimate of drug-likeness (QED) is 0.0272. The predicted octanol–water partition coefficient (Wildman–Crippen LogP) is 19.1. The van der Waals surface area contributed by atoms with Crippen LogP contribution in [-0.4, -0.2) is 68.5 Å². The number of hydrogen-bond acceptors (Lipinski definition) is 6. The third-order valence-electron chi connectivity index (χ3n) is 15.0. The van der Waals surface area contributed by atoms with Crippen LogP contribution >= 0.6 is 7.82 Å². The maximum absolute atomic E-state index is 13.0. The summed E-state index contributed by atoms with van der Waals surface area (Å²) < 4.78 is 23.4. The molecule has 0 aromatic rings. The largest absolute Gasteiger partial charge is 0.756 e. The second kappa shape index (κ2) is 55.0. The molecular weight excluding hydrogens is 912 g/mol. The van der Waals surface area contributed by atoms with Crippen LogP contribution in [0.2, 0.25) is 0 Å². The van der Waals surface area contributed by atoms with Gasteiger partial charge in [-0.1, -0.05) is 321 Å². The van der Waals surface area contributed by atoms with E-state index in [4.69, 9.17) is 9.05 Å². The Morgan fingerprint density at radius 1 is 0.472 bits per heavy atom. The van der Waals surface area contributed by atoms with Gasteiger partial charge in [0.25, 0.3) is 7.82 Å². The van der Waals surface area contributed by atoms with Crippen LogP contribution in [-0.2, 0) is 18.4 Å². The number of rotatable bonds is 60. The Morgan fingerprint density at radius 2 is 0.750 bits per heavy atom. The van der Waals surface area contributed by atoms with E-state index in [0.29, 0.717) is 17.4 Å². The standard InChI is InChI=1S/C63H127N2O6P/c1-6-8-10-12-14-16-18-20-22-24-25-26-27-28-29-30-31-32-33-34-35-36-37-38-39-41-43-45-47-49-51-53-55-57-63(67)64-61(60-71-72(68,69)70-59-58-65(3,4)5)62(66)56-54-52-50-48-46-44-42-40-23-21-19-17-15-13-11-9-7-2/h54,56,61-62,66H,6-53,55,57-60H2,1-5H3,(H-,64,67,68,69)/b56-54+. The highest BCUT2D eigenvalue weighted by Gasteiger charge is 2.23. The van der Waals surface area contributed by atoms with Crippen LogP contribution in [0.4, 0.5) is 0 Å². The number of nitrogens with one attached hydrogen (secondary N) is 1. The molecule has 0 heterocycles. The fourth-order valence-electron chi connectivity index (χ4n) is 9.98. The first kappa shape index (κ1) is 71.2. The van der Waals surface area contributed by atoms with Crippen molar-refractivity contribution in [3.8, 4) is 0 Å². The van der Waals surface area contributed by atoms with Gasteiger partial charge in [0.1, 0.15) is 13.2 Å². The van der Waals surface area contributed by atoms with E-state index < -0.39 is 20.0 Å². The predicted molar refractivity (Wildman–Crippen MR) is 312 cm³/mol. The van der Waals surface area contributed by atoms with Crippen molar-refractivity contribution in [2.45, 2.75) is 347 Å². The fourth-order valence-corrected chi connectivity index (χ4v) is 10.7. The Labute approximate surface area is 450 Å². The molecule has 0 aliphatic carbocycles. The number of unbranched alkanes of at least 4 members (excludes halogenated alkanes) is 47. The van der Waals surface area contributed by atoms with Crippen molar-refractivity contribution in [3.63, 3.8) is 0 Å². The van der Waals surface area contributed by atoms with Gasteiger partial charge in [-0.15, -0.1) is 0 Å². The van der Waals surface area contributed by atoms with E-state index in [1.165, 1.54) is 276 Å². The molecule has 430 valence electrons. The van der Waals surface area contributed by atoms with Crippen LogP contribution in [0.25, 0.3) is 0 Å². The molecule has 3 unspecified atom stereocenters. The monoisotopic (exact) mass is 1040 g/mol. The lowest BCUT2D eigenvalue weighted by molar-refractivity contribution is -0.870. The molecule has 1 amide bonds. The number of aliphatic hydroxyl groups excluding tert-OH is 1. The van der Waals surface area contributed by atoms with E-state index in [0.717, 1.165) is 38.5 Å². The zero-order valence-corrected chi connectivity index (χ0v) is 50.1. The first-order chi connectivity index (χ1) is 35.0. The first-order valence-corrected chi connectivity index (χ1v) is 33.5. The van der Waals surface area contributed by atoms with E-state index in [9.17, 15) is 19.4 Å². The van der Waals surface area contributed by atoms with E-state index in [-0.39, 0.29) is 19.1 Å². The first-order valence-electron chi connectivity index (χ1n) is 32.1. The minimum Gasteiger partial charge on any atom is -0.756 e. The SMILES string of the molecule is CCCCCCCCCCCCCCCCC/C=C/C(O)C(COP(=O)([O-])OCC[N+](C)(C)C)NC(=O)CCCCCCCCCCCCCCCCCCCCCCCCCCCCCCCCCCC. The maximum Gasteiger partial charge on any atom is 0.268 e. The molecule has 0 aliphatic heterocycles. The molecule has 8 nitrogen and oxygen atoms in total. The number of likely N-dealkylation sites (N-methyl/N-ethyl adjacent to an activating group) is 1. The topological polar surface area (TPSA) is 108 Å². The molecule has 3 atom stereocenters. The molecule has 9 heteroatoms. The number of nitrogens with zero attached hydrogens (tertiary/aromatic N) is 1. The van der Waals surface area contributed by atoms with Crippen molar-refractivity contribution < 1.29 is 32.9 Å². The summed E-state index contributed by atoms with van der Waals surface area (Å²) >= 11 is 0. The van der Waals surface area contributed by atoms with Crippen molar-refractivity contribution in [2.24, 2.45) is 0 Å². The van der Waals surface area contributed by atoms with Crippen LogP contribution < -0.4 is 10.2 Å². The maximum atomic E-state index is 13.0. The molecule has 0 radical (unpaired) electrons. The van der Waals surface area contributed by atoms with Gasteiger partial charge in [0.05, 0.1) is 39.9 Å². The molecule has 0 saturated carbocycles. The zero-order chi connectivity index (χ0) is 52.7. The fraction of sp³-hybridized carbons (Fsp3) is 0.952. The summed E-state index contributed by atoms with van der Waals surface area (Å²) in [5.74, 6) is -0.189. The summed E-state index contributed by atoms with van der Waals surface area (Å²) in [5, 5.41) is 13.9. The highest BCUT2D eigenvalue weighted by Crippen LogP contribution is 2.38. The van der Waals surface area contributed by atoms with Crippen LogP contribution in [0.1, 0.15) is 335 Å². The van der Waals surface area contributed by atoms with Crippen LogP contribution in [0.3, 0.4) is 0 Å². The molecular formula is C63H127N2O6P. The summed E-state index contributed by atoms with van der Waals surface area (Å²) in [4.78, 5) is 25.5. The number of amides is 1. The number of aliphatic hydroxyl groups is 1. The normalized spacial score (nSPS) is 13.8. The van der Waals surface area contributed by atoms with Crippen molar-refractivity contribution in [3.05, 3.63) is 12.2 Å². The number of carbonyl (C=O) groups excluding carboxylic acids is 1. The Bertz CT molecular complexity index is 1180.